The number of nitrogens with zero attached hydrogens (tertiary/aromatic N) is 3. The zero-order valence-corrected chi connectivity index (χ0v) is 11.0. The lowest BCUT2D eigenvalue weighted by molar-refractivity contribution is -0.134. The van der Waals surface area contributed by atoms with Crippen LogP contribution in [0.4, 0.5) is 0 Å². The summed E-state index contributed by atoms with van der Waals surface area (Å²) in [5.74, 6) is 0.298. The molecule has 2 aliphatic heterocycles. The molecule has 0 bridgehead atoms. The molecule has 2 rings (SSSR count). The van der Waals surface area contributed by atoms with E-state index in [0.29, 0.717) is 18.5 Å². The molecule has 5 heteroatoms. The first-order valence-corrected chi connectivity index (χ1v) is 6.57. The van der Waals surface area contributed by atoms with E-state index in [9.17, 15) is 4.79 Å². The average Bonchev–Trinajstić information content (AvgIpc) is 2.29. The van der Waals surface area contributed by atoms with Crippen LogP contribution in [0.25, 0.3) is 0 Å². The molecular formula is C12H24N4O. The van der Waals surface area contributed by atoms with Crippen LogP contribution in [0.1, 0.15) is 6.92 Å². The van der Waals surface area contributed by atoms with Gasteiger partial charge in [-0.3, -0.25) is 9.69 Å². The fraction of sp³-hybridized carbons (Fsp3) is 0.917. The van der Waals surface area contributed by atoms with Gasteiger partial charge in [-0.15, -0.1) is 0 Å². The second kappa shape index (κ2) is 5.80. The van der Waals surface area contributed by atoms with Gasteiger partial charge in [0.05, 0.1) is 6.54 Å². The fourth-order valence-corrected chi connectivity index (χ4v) is 2.50. The van der Waals surface area contributed by atoms with E-state index in [0.717, 1.165) is 45.8 Å². The molecule has 5 nitrogen and oxygen atoms in total. The van der Waals surface area contributed by atoms with Gasteiger partial charge in [0.2, 0.25) is 5.91 Å². The lowest BCUT2D eigenvalue weighted by Gasteiger charge is -2.36. The maximum Gasteiger partial charge on any atom is 0.236 e. The highest BCUT2D eigenvalue weighted by molar-refractivity contribution is 5.78. The van der Waals surface area contributed by atoms with Crippen molar-refractivity contribution in [2.24, 2.45) is 0 Å². The Morgan fingerprint density at radius 2 is 1.94 bits per heavy atom. The highest BCUT2D eigenvalue weighted by Crippen LogP contribution is 2.03. The Bertz CT molecular complexity index is 263. The zero-order chi connectivity index (χ0) is 12.3. The summed E-state index contributed by atoms with van der Waals surface area (Å²) in [6, 6.07) is 0.504. The minimum absolute atomic E-state index is 0.298. The quantitative estimate of drug-likeness (QED) is 0.676. The topological polar surface area (TPSA) is 38.8 Å². The van der Waals surface area contributed by atoms with Crippen molar-refractivity contribution in [3.05, 3.63) is 0 Å². The Hall–Kier alpha value is -0.650. The maximum absolute atomic E-state index is 12.1. The summed E-state index contributed by atoms with van der Waals surface area (Å²) in [5.41, 5.74) is 0. The molecule has 0 saturated carbocycles. The lowest BCUT2D eigenvalue weighted by atomic mass is 10.2. The monoisotopic (exact) mass is 240 g/mol. The van der Waals surface area contributed by atoms with Crippen molar-refractivity contribution < 1.29 is 4.79 Å². The van der Waals surface area contributed by atoms with Gasteiger partial charge < -0.3 is 15.1 Å². The van der Waals surface area contributed by atoms with E-state index in [1.54, 1.807) is 0 Å². The number of carbonyl (C=O) groups is 1. The number of amides is 1. The van der Waals surface area contributed by atoms with Gasteiger partial charge in [-0.25, -0.2) is 0 Å². The Balaban J connectivity index is 1.76. The van der Waals surface area contributed by atoms with Crippen molar-refractivity contribution in [2.45, 2.75) is 13.0 Å². The number of rotatable bonds is 2. The summed E-state index contributed by atoms with van der Waals surface area (Å²) < 4.78 is 0. The first-order valence-electron chi connectivity index (χ1n) is 6.57. The smallest absolute Gasteiger partial charge is 0.236 e. The SMILES string of the molecule is CC1CN(CC(=O)N2CCN(C)CC2)CCN1. The van der Waals surface area contributed by atoms with Crippen LogP contribution in [-0.2, 0) is 4.79 Å². The van der Waals surface area contributed by atoms with Gasteiger partial charge in [0.1, 0.15) is 0 Å². The minimum atomic E-state index is 0.298. The molecule has 17 heavy (non-hydrogen) atoms. The van der Waals surface area contributed by atoms with Crippen LogP contribution in [0.2, 0.25) is 0 Å². The highest BCUT2D eigenvalue weighted by Gasteiger charge is 2.23. The third-order valence-corrected chi connectivity index (χ3v) is 3.67. The number of carbonyl (C=O) groups excluding carboxylic acids is 1. The molecule has 2 aliphatic rings. The van der Waals surface area contributed by atoms with Crippen molar-refractivity contribution in [3.8, 4) is 0 Å². The van der Waals surface area contributed by atoms with Crippen LogP contribution in [0, 0.1) is 0 Å². The third kappa shape index (κ3) is 3.66. The van der Waals surface area contributed by atoms with Gasteiger partial charge in [0, 0.05) is 51.9 Å². The van der Waals surface area contributed by atoms with E-state index < -0.39 is 0 Å². The molecule has 0 aromatic heterocycles. The van der Waals surface area contributed by atoms with Gasteiger partial charge in [-0.05, 0) is 14.0 Å². The molecule has 0 aliphatic carbocycles. The standard InChI is InChI=1S/C12H24N4O/c1-11-9-15(4-3-13-11)10-12(17)16-7-5-14(2)6-8-16/h11,13H,3-10H2,1-2H3. The van der Waals surface area contributed by atoms with Crippen LogP contribution in [-0.4, -0.2) is 86.1 Å². The number of hydrogen-bond donors (Lipinski definition) is 1. The van der Waals surface area contributed by atoms with E-state index in [2.05, 4.69) is 29.1 Å². The average molecular weight is 240 g/mol. The number of hydrogen-bond acceptors (Lipinski definition) is 4. The van der Waals surface area contributed by atoms with Crippen molar-refractivity contribution in [1.82, 2.24) is 20.0 Å². The van der Waals surface area contributed by atoms with Crippen molar-refractivity contribution in [1.29, 1.82) is 0 Å². The van der Waals surface area contributed by atoms with Crippen LogP contribution < -0.4 is 5.32 Å². The molecule has 0 aromatic rings. The predicted octanol–water partition coefficient (Wildman–Crippen LogP) is -0.946. The van der Waals surface area contributed by atoms with Crippen LogP contribution in [0.15, 0.2) is 0 Å². The molecule has 0 spiro atoms. The highest BCUT2D eigenvalue weighted by atomic mass is 16.2. The van der Waals surface area contributed by atoms with Crippen LogP contribution in [0.5, 0.6) is 0 Å². The predicted molar refractivity (Wildman–Crippen MR) is 68.0 cm³/mol. The second-order valence-electron chi connectivity index (χ2n) is 5.27. The second-order valence-corrected chi connectivity index (χ2v) is 5.27. The van der Waals surface area contributed by atoms with Crippen molar-refractivity contribution in [2.75, 3.05) is 59.4 Å². The van der Waals surface area contributed by atoms with Crippen LogP contribution >= 0.6 is 0 Å². The van der Waals surface area contributed by atoms with E-state index in [1.165, 1.54) is 0 Å². The molecule has 1 atom stereocenters. The Morgan fingerprint density at radius 1 is 1.24 bits per heavy atom. The molecule has 0 aromatic carbocycles. The van der Waals surface area contributed by atoms with Gasteiger partial charge >= 0.3 is 0 Å². The lowest BCUT2D eigenvalue weighted by Crippen LogP contribution is -2.54. The van der Waals surface area contributed by atoms with Crippen molar-refractivity contribution in [3.63, 3.8) is 0 Å². The first kappa shape index (κ1) is 12.8. The molecular weight excluding hydrogens is 216 g/mol. The molecule has 98 valence electrons. The molecule has 1 unspecified atom stereocenters. The molecule has 2 fully saturated rings. The normalized spacial score (nSPS) is 28.4. The molecule has 1 amide bonds. The van der Waals surface area contributed by atoms with E-state index >= 15 is 0 Å². The Kier molecular flexibility index (Phi) is 4.36. The summed E-state index contributed by atoms with van der Waals surface area (Å²) in [6.45, 7) is 9.52. The Labute approximate surface area is 104 Å². The van der Waals surface area contributed by atoms with E-state index in [4.69, 9.17) is 0 Å². The van der Waals surface area contributed by atoms with E-state index in [-0.39, 0.29) is 0 Å². The summed E-state index contributed by atoms with van der Waals surface area (Å²) >= 11 is 0. The number of nitrogens with one attached hydrogen (secondary N) is 1. The molecule has 2 heterocycles. The fourth-order valence-electron chi connectivity index (χ4n) is 2.50. The van der Waals surface area contributed by atoms with Crippen molar-refractivity contribution >= 4 is 5.91 Å². The van der Waals surface area contributed by atoms with Gasteiger partial charge in [-0.2, -0.15) is 0 Å². The minimum Gasteiger partial charge on any atom is -0.339 e. The first-order chi connectivity index (χ1) is 8.15. The van der Waals surface area contributed by atoms with E-state index in [1.807, 2.05) is 4.90 Å². The summed E-state index contributed by atoms with van der Waals surface area (Å²) in [4.78, 5) is 18.7. The number of likely N-dealkylation sites (N-methyl/N-ethyl adjacent to an activating group) is 1. The largest absolute Gasteiger partial charge is 0.339 e. The van der Waals surface area contributed by atoms with Crippen LogP contribution in [0.3, 0.4) is 0 Å². The molecule has 2 saturated heterocycles. The van der Waals surface area contributed by atoms with Gasteiger partial charge in [-0.1, -0.05) is 0 Å². The zero-order valence-electron chi connectivity index (χ0n) is 11.0. The summed E-state index contributed by atoms with van der Waals surface area (Å²) in [5, 5.41) is 3.40. The summed E-state index contributed by atoms with van der Waals surface area (Å²) in [7, 11) is 2.11. The molecule has 0 radical (unpaired) electrons. The van der Waals surface area contributed by atoms with Gasteiger partial charge in [0.25, 0.3) is 0 Å². The Morgan fingerprint density at radius 3 is 2.59 bits per heavy atom. The number of piperazine rings is 2. The molecule has 1 N–H and O–H groups in total. The summed E-state index contributed by atoms with van der Waals surface area (Å²) in [6.07, 6.45) is 0. The van der Waals surface area contributed by atoms with Gasteiger partial charge in [0.15, 0.2) is 0 Å². The third-order valence-electron chi connectivity index (χ3n) is 3.67. The maximum atomic E-state index is 12.1.